The molecule has 690 valence electrons. The number of aryl methyl sites for hydroxylation is 7. The molecule has 0 atom stereocenters. The average Bonchev–Trinajstić information content (AvgIpc) is 0.849. The Kier molecular flexibility index (Phi) is 43.5. The van der Waals surface area contributed by atoms with E-state index in [0.29, 0.717) is 21.7 Å². The van der Waals surface area contributed by atoms with Crippen LogP contribution in [0.5, 0.6) is 34.5 Å². The molecule has 12 aromatic carbocycles. The van der Waals surface area contributed by atoms with Gasteiger partial charge in [0.25, 0.3) is 0 Å². The van der Waals surface area contributed by atoms with E-state index in [0.717, 1.165) is 91.5 Å². The quantitative estimate of drug-likeness (QED) is 0.0177. The Labute approximate surface area is 784 Å². The van der Waals surface area contributed by atoms with Crippen molar-refractivity contribution in [3.8, 4) is 34.5 Å². The maximum atomic E-state index is 13.9. The van der Waals surface area contributed by atoms with Crippen molar-refractivity contribution < 1.29 is 116 Å². The van der Waals surface area contributed by atoms with Crippen molar-refractivity contribution in [2.24, 2.45) is 0 Å². The van der Waals surface area contributed by atoms with Gasteiger partial charge in [-0.05, 0) is 252 Å². The zero-order valence-corrected chi connectivity index (χ0v) is 79.0. The number of carbonyl (C=O) groups is 6. The largest absolute Gasteiger partial charge is 0.486 e. The van der Waals surface area contributed by atoms with Gasteiger partial charge in [-0.15, -0.1) is 0 Å². The van der Waals surface area contributed by atoms with Gasteiger partial charge in [-0.1, -0.05) is 155 Å². The molecule has 0 aliphatic carbocycles. The molecular weight excluding hydrogens is 1900 g/mol. The standard InChI is InChI=1S/C18H19FO3.C17H16BrFO3.C17H16ClFO3.C17H16F2O3.C17H16FIO3.C17H17FO3/c1-12-7-8-17(16(19)9-12)22-11-15-13(2)5-4-6-14(15)10-18(20)21-3;3*1-11-6-7-16(15(19)8-11)22-10-13-12(9-17(20)21-2)4-3-5-14(13)18;1-11-6-7-16(14(18)8-11)22-10-13-12(9-17(20)21-2)4-3-5-15(13)19;1-12-7-8-16(15(18)9-12)21-11-14-6-4-3-5-13(14)10-17(19)20-2/h4-9H,10-11H2,1-3H3;4*3-8H,9-10H2,1-2H3;3-9H,10-11H2,1-2H3. The number of halogens is 10. The molecule has 0 heterocycles. The van der Waals surface area contributed by atoms with Crippen LogP contribution in [0.25, 0.3) is 0 Å². The molecule has 0 aromatic heterocycles. The Morgan fingerprint density at radius 3 is 0.878 bits per heavy atom. The molecule has 0 radical (unpaired) electrons. The summed E-state index contributed by atoms with van der Waals surface area (Å²) in [4.78, 5) is 68.6. The van der Waals surface area contributed by atoms with E-state index in [1.165, 1.54) is 97.3 Å². The molecule has 0 bridgehead atoms. The molecule has 28 heteroatoms. The van der Waals surface area contributed by atoms with Crippen molar-refractivity contribution in [1.29, 1.82) is 0 Å². The molecule has 0 N–H and O–H groups in total. The number of benzene rings is 12. The summed E-state index contributed by atoms with van der Waals surface area (Å²) in [6, 6.07) is 62.4. The van der Waals surface area contributed by atoms with E-state index in [4.69, 9.17) is 49.5 Å². The molecular formula is C103H100BrClF7IO18. The third-order valence-electron chi connectivity index (χ3n) is 19.6. The van der Waals surface area contributed by atoms with Crippen molar-refractivity contribution in [2.45, 2.75) is 127 Å². The van der Waals surface area contributed by atoms with Crippen molar-refractivity contribution >= 4 is 85.9 Å². The van der Waals surface area contributed by atoms with Gasteiger partial charge in [0.1, 0.15) is 45.5 Å². The number of rotatable bonds is 30. The maximum absolute atomic E-state index is 13.9. The number of hydrogen-bond acceptors (Lipinski definition) is 18. The summed E-state index contributed by atoms with van der Waals surface area (Å²) in [5, 5.41) is 0.467. The highest BCUT2D eigenvalue weighted by molar-refractivity contribution is 14.1. The fourth-order valence-corrected chi connectivity index (χ4v) is 13.8. The van der Waals surface area contributed by atoms with Crippen molar-refractivity contribution in [2.75, 3.05) is 42.7 Å². The van der Waals surface area contributed by atoms with Crippen LogP contribution in [0.3, 0.4) is 0 Å². The Hall–Kier alpha value is -12.7. The third kappa shape index (κ3) is 34.6. The Morgan fingerprint density at radius 1 is 0.267 bits per heavy atom. The number of carbonyl (C=O) groups excluding carboxylic acids is 6. The number of esters is 6. The predicted molar refractivity (Wildman–Crippen MR) is 496 cm³/mol. The van der Waals surface area contributed by atoms with Gasteiger partial charge < -0.3 is 56.8 Å². The first-order chi connectivity index (χ1) is 62.6. The van der Waals surface area contributed by atoms with Crippen LogP contribution in [-0.2, 0) is 135 Å². The second kappa shape index (κ2) is 54.0. The second-order valence-electron chi connectivity index (χ2n) is 29.3. The van der Waals surface area contributed by atoms with Crippen molar-refractivity contribution in [1.82, 2.24) is 0 Å². The zero-order chi connectivity index (χ0) is 95.8. The minimum atomic E-state index is -0.508. The second-order valence-corrected chi connectivity index (χ2v) is 31.8. The van der Waals surface area contributed by atoms with E-state index in [1.54, 1.807) is 105 Å². The molecule has 18 nitrogen and oxygen atoms in total. The summed E-state index contributed by atoms with van der Waals surface area (Å²) in [5.74, 6) is -4.15. The van der Waals surface area contributed by atoms with Gasteiger partial charge in [-0.25, -0.2) is 30.7 Å². The molecule has 0 spiro atoms. The monoisotopic (exact) mass is 2000 g/mol. The van der Waals surface area contributed by atoms with Gasteiger partial charge >= 0.3 is 35.8 Å². The van der Waals surface area contributed by atoms with Gasteiger partial charge in [-0.2, -0.15) is 0 Å². The maximum Gasteiger partial charge on any atom is 0.309 e. The van der Waals surface area contributed by atoms with E-state index in [-0.39, 0.29) is 166 Å². The molecule has 131 heavy (non-hydrogen) atoms. The predicted octanol–water partition coefficient (Wildman–Crippen LogP) is 23.0. The third-order valence-corrected chi connectivity index (χ3v) is 21.7. The molecule has 0 saturated heterocycles. The fourth-order valence-electron chi connectivity index (χ4n) is 12.3. The van der Waals surface area contributed by atoms with E-state index in [1.807, 2.05) is 113 Å². The van der Waals surface area contributed by atoms with Crippen LogP contribution in [0.4, 0.5) is 30.7 Å². The first-order valence-electron chi connectivity index (χ1n) is 40.6. The summed E-state index contributed by atoms with van der Waals surface area (Å²) in [5.41, 5.74) is 14.6. The lowest BCUT2D eigenvalue weighted by Gasteiger charge is -2.14. The van der Waals surface area contributed by atoms with Gasteiger partial charge in [0.2, 0.25) is 0 Å². The smallest absolute Gasteiger partial charge is 0.309 e. The lowest BCUT2D eigenvalue weighted by Crippen LogP contribution is -2.10. The molecule has 0 saturated carbocycles. The first kappa shape index (κ1) is 105. The highest BCUT2D eigenvalue weighted by Gasteiger charge is 2.21. The summed E-state index contributed by atoms with van der Waals surface area (Å²) in [6.45, 7) is 13.5. The molecule has 0 aliphatic rings. The molecule has 0 amide bonds. The lowest BCUT2D eigenvalue weighted by molar-refractivity contribution is -0.140. The van der Waals surface area contributed by atoms with Crippen LogP contribution in [0, 0.1) is 92.8 Å². The molecule has 12 aromatic rings. The Bertz CT molecular complexity index is 5210. The molecule has 0 fully saturated rings. The van der Waals surface area contributed by atoms with Crippen LogP contribution in [-0.4, -0.2) is 78.5 Å². The van der Waals surface area contributed by atoms with Crippen molar-refractivity contribution in [3.63, 3.8) is 0 Å². The van der Waals surface area contributed by atoms with E-state index in [9.17, 15) is 59.5 Å². The normalized spacial score (nSPS) is 10.3. The van der Waals surface area contributed by atoms with Crippen LogP contribution < -0.4 is 28.4 Å². The van der Waals surface area contributed by atoms with Crippen LogP contribution in [0.1, 0.15) is 106 Å². The van der Waals surface area contributed by atoms with E-state index in [2.05, 4.69) is 57.5 Å². The van der Waals surface area contributed by atoms with Gasteiger partial charge in [0, 0.05) is 35.3 Å². The average molecular weight is 2000 g/mol. The topological polar surface area (TPSA) is 213 Å². The van der Waals surface area contributed by atoms with E-state index < -0.39 is 29.2 Å². The van der Waals surface area contributed by atoms with Gasteiger partial charge in [0.15, 0.2) is 69.4 Å². The zero-order valence-electron chi connectivity index (χ0n) is 74.5. The highest BCUT2D eigenvalue weighted by atomic mass is 127. The molecule has 12 rings (SSSR count). The summed E-state index contributed by atoms with van der Waals surface area (Å²) in [7, 11) is 8.00. The van der Waals surface area contributed by atoms with Crippen molar-refractivity contribution in [3.05, 3.63) is 384 Å². The van der Waals surface area contributed by atoms with Crippen LogP contribution in [0.2, 0.25) is 5.02 Å². The molecule has 0 unspecified atom stereocenters. The minimum Gasteiger partial charge on any atom is -0.486 e. The number of hydrogen-bond donors (Lipinski definition) is 0. The van der Waals surface area contributed by atoms with Crippen LogP contribution in [0.15, 0.2) is 229 Å². The lowest BCUT2D eigenvalue weighted by atomic mass is 10.0. The minimum absolute atomic E-state index is 0.0397. The first-order valence-corrected chi connectivity index (χ1v) is 42.8. The summed E-state index contributed by atoms with van der Waals surface area (Å²) >= 11 is 11.8. The summed E-state index contributed by atoms with van der Waals surface area (Å²) in [6.07, 6.45) is 0.683. The van der Waals surface area contributed by atoms with E-state index >= 15 is 0 Å². The molecule has 0 aliphatic heterocycles. The Morgan fingerprint density at radius 2 is 0.519 bits per heavy atom. The fraction of sp³-hybridized carbons (Fsp3) is 0.243. The number of ether oxygens (including phenoxy) is 12. The highest BCUT2D eigenvalue weighted by Crippen LogP contribution is 2.32. The summed E-state index contributed by atoms with van der Waals surface area (Å²) < 4.78 is 159. The Balaban J connectivity index is 0.000000215. The van der Waals surface area contributed by atoms with Gasteiger partial charge in [0.05, 0.1) is 81.2 Å². The number of methoxy groups -OCH3 is 6. The van der Waals surface area contributed by atoms with Gasteiger partial charge in [-0.3, -0.25) is 28.8 Å². The SMILES string of the molecule is COC(=O)Cc1cccc(Br)c1COc1ccc(C)cc1F.COC(=O)Cc1cccc(C)c1COc1ccc(C)cc1F.COC(=O)Cc1cccc(Cl)c1COc1ccc(C)cc1F.COC(=O)Cc1cccc(F)c1COc1ccc(C)cc1F.COC(=O)Cc1cccc(I)c1COc1ccc(C)cc1F.COC(=O)Cc1ccccc1COc1ccc(C)cc1F. The van der Waals surface area contributed by atoms with Crippen LogP contribution >= 0.6 is 50.1 Å².